The van der Waals surface area contributed by atoms with Crippen molar-refractivity contribution in [1.29, 1.82) is 0 Å². The van der Waals surface area contributed by atoms with E-state index in [9.17, 15) is 18.3 Å². The Balaban J connectivity index is -0.000000736. The van der Waals surface area contributed by atoms with Crippen LogP contribution in [0.5, 0.6) is 46.0 Å². The second-order valence-corrected chi connectivity index (χ2v) is 14.8. The van der Waals surface area contributed by atoms with Crippen LogP contribution in [0.4, 0.5) is 11.4 Å². The molecule has 3 N–H and O–H groups in total. The highest BCUT2D eigenvalue weighted by molar-refractivity contribution is 8.13. The van der Waals surface area contributed by atoms with Gasteiger partial charge in [-0.1, -0.05) is 45.0 Å². The summed E-state index contributed by atoms with van der Waals surface area (Å²) in [7, 11) is 13.2. The standard InChI is InChI=1S/C13H19NO4.C9H10O4.C8H9ClO4S.C8H11NO2.C4H10O.2ClH/c1-13(2,3)18-12(15)14-9-7-6-8-10(16-4)11(9)17-5;1-12-7-5-3-4-6(9(10)11)8(7)13-2;1-12-6-4-3-5-7(8(6)13-2)14(9,10)11;1-10-7-5-3-4-6(9)8(7)11-2;1-3-5-4-2;;/h6-8H,1-5H3,(H,14,15);3-5H,1-2H3,(H,10,11);3-5H,1-2H3;3-5H,9H2,1-2H3;3-4H2,1-2H3;2*1H/p-1. The van der Waals surface area contributed by atoms with Crippen LogP contribution in [0.1, 0.15) is 45.0 Å². The fraction of sp³-hybridized carbons (Fsp3) is 0.381. The summed E-state index contributed by atoms with van der Waals surface area (Å²) in [5.74, 6) is 2.26. The first-order chi connectivity index (χ1) is 28.8. The van der Waals surface area contributed by atoms with E-state index in [1.54, 1.807) is 83.5 Å². The van der Waals surface area contributed by atoms with Gasteiger partial charge >= 0.3 is 5.97 Å². The van der Waals surface area contributed by atoms with E-state index in [-0.39, 0.29) is 46.8 Å². The van der Waals surface area contributed by atoms with Gasteiger partial charge in [0.05, 0.1) is 62.6 Å². The quantitative estimate of drug-likeness (QED) is 0.0559. The van der Waals surface area contributed by atoms with E-state index in [1.165, 1.54) is 60.9 Å². The van der Waals surface area contributed by atoms with Crippen molar-refractivity contribution in [3.63, 3.8) is 0 Å². The molecule has 0 aromatic heterocycles. The Morgan fingerprint density at radius 2 is 1.05 bits per heavy atom. The maximum Gasteiger partial charge on any atom is 0.339 e. The fourth-order valence-electron chi connectivity index (χ4n) is 4.56. The topological polar surface area (TPSA) is 225 Å². The minimum atomic E-state index is -3.81. The van der Waals surface area contributed by atoms with E-state index in [1.807, 2.05) is 19.9 Å². The first-order valence-electron chi connectivity index (χ1n) is 18.1. The van der Waals surface area contributed by atoms with Crippen molar-refractivity contribution in [2.24, 2.45) is 4.99 Å². The molecule has 0 aliphatic rings. The van der Waals surface area contributed by atoms with Crippen molar-refractivity contribution in [1.82, 2.24) is 0 Å². The lowest BCUT2D eigenvalue weighted by Crippen LogP contribution is -2.31. The van der Waals surface area contributed by atoms with Gasteiger partial charge < -0.3 is 63.3 Å². The van der Waals surface area contributed by atoms with Crippen LogP contribution < -0.4 is 48.7 Å². The number of carboxylic acid groups (broad SMARTS) is 1. The van der Waals surface area contributed by atoms with E-state index in [2.05, 4.69) is 4.99 Å². The Morgan fingerprint density at radius 3 is 1.41 bits per heavy atom. The van der Waals surface area contributed by atoms with Crippen LogP contribution in [0.2, 0.25) is 0 Å². The molecule has 0 saturated carbocycles. The van der Waals surface area contributed by atoms with Gasteiger partial charge in [-0.05, 0) is 62.4 Å². The number of carboxylic acids is 1. The number of anilines is 1. The molecule has 0 unspecified atom stereocenters. The van der Waals surface area contributed by atoms with Crippen LogP contribution in [-0.2, 0) is 18.5 Å². The molecule has 0 saturated heterocycles. The number of aliphatic imine (C=N–C) groups is 1. The number of hydrogen-bond donors (Lipinski definition) is 2. The maximum atomic E-state index is 11.6. The van der Waals surface area contributed by atoms with Gasteiger partial charge in [0.1, 0.15) is 16.1 Å². The van der Waals surface area contributed by atoms with Gasteiger partial charge in [-0.2, -0.15) is 0 Å². The van der Waals surface area contributed by atoms with Crippen LogP contribution in [0.15, 0.2) is 82.7 Å². The number of methoxy groups -OCH3 is 8. The van der Waals surface area contributed by atoms with Gasteiger partial charge in [-0.15, -0.1) is 24.8 Å². The van der Waals surface area contributed by atoms with E-state index in [0.29, 0.717) is 45.9 Å². The molecule has 17 nitrogen and oxygen atoms in total. The van der Waals surface area contributed by atoms with E-state index < -0.39 is 26.7 Å². The Morgan fingerprint density at radius 1 is 0.651 bits per heavy atom. The first-order valence-corrected chi connectivity index (χ1v) is 20.4. The highest BCUT2D eigenvalue weighted by atomic mass is 35.7. The number of benzene rings is 4. The summed E-state index contributed by atoms with van der Waals surface area (Å²) in [4.78, 5) is 14.5. The average Bonchev–Trinajstić information content (AvgIpc) is 3.22. The van der Waals surface area contributed by atoms with Gasteiger partial charge in [0.2, 0.25) is 0 Å². The molecular weight excluding hydrogens is 911 g/mol. The zero-order valence-electron chi connectivity index (χ0n) is 37.6. The van der Waals surface area contributed by atoms with Crippen molar-refractivity contribution < 1.29 is 70.8 Å². The molecule has 4 rings (SSSR count). The van der Waals surface area contributed by atoms with Crippen molar-refractivity contribution in [2.75, 3.05) is 75.8 Å². The minimum absolute atomic E-state index is 0. The Kier molecular flexibility index (Phi) is 31.7. The lowest BCUT2D eigenvalue weighted by Gasteiger charge is -2.29. The third kappa shape index (κ3) is 22.0. The van der Waals surface area contributed by atoms with Crippen molar-refractivity contribution in [3.8, 4) is 46.0 Å². The average molecular weight is 971 g/mol. The van der Waals surface area contributed by atoms with Crippen molar-refractivity contribution >= 4 is 68.0 Å². The molecule has 0 spiro atoms. The van der Waals surface area contributed by atoms with Gasteiger partial charge in [-0.25, -0.2) is 18.2 Å². The molecule has 356 valence electrons. The highest BCUT2D eigenvalue weighted by Gasteiger charge is 2.20. The zero-order chi connectivity index (χ0) is 46.8. The zero-order valence-corrected chi connectivity index (χ0v) is 40.8. The number of ether oxygens (including phenoxy) is 10. The van der Waals surface area contributed by atoms with Crippen LogP contribution in [-0.4, -0.2) is 101 Å². The van der Waals surface area contributed by atoms with E-state index in [0.717, 1.165) is 13.2 Å². The largest absolute Gasteiger partial charge is 0.594 e. The summed E-state index contributed by atoms with van der Waals surface area (Å²) in [6, 6.07) is 19.7. The van der Waals surface area contributed by atoms with Crippen molar-refractivity contribution in [2.45, 2.75) is 45.1 Å². The summed E-state index contributed by atoms with van der Waals surface area (Å²) in [5.41, 5.74) is 6.10. The second-order valence-electron chi connectivity index (χ2n) is 12.2. The van der Waals surface area contributed by atoms with Crippen LogP contribution in [0.25, 0.3) is 0 Å². The summed E-state index contributed by atoms with van der Waals surface area (Å²) < 4.78 is 72.2. The maximum absolute atomic E-state index is 11.6. The molecule has 0 amide bonds. The number of para-hydroxylation sites is 4. The number of nitrogens with zero attached hydrogens (tertiary/aromatic N) is 1. The molecule has 0 heterocycles. The van der Waals surface area contributed by atoms with Crippen LogP contribution in [0, 0.1) is 0 Å². The lowest BCUT2D eigenvalue weighted by atomic mass is 10.2. The van der Waals surface area contributed by atoms with E-state index in [4.69, 9.17) is 68.9 Å². The predicted molar refractivity (Wildman–Crippen MR) is 247 cm³/mol. The molecule has 0 bridgehead atoms. The molecule has 4 aromatic rings. The van der Waals surface area contributed by atoms with E-state index >= 15 is 0 Å². The van der Waals surface area contributed by atoms with Crippen LogP contribution in [0.3, 0.4) is 0 Å². The Hall–Kier alpha value is -5.40. The number of carbonyl (C=O) groups is 1. The smallest absolute Gasteiger partial charge is 0.339 e. The molecule has 21 heteroatoms. The molecule has 4 aromatic carbocycles. The molecule has 0 fully saturated rings. The predicted octanol–water partition coefficient (Wildman–Crippen LogP) is 8.07. The lowest BCUT2D eigenvalue weighted by molar-refractivity contribution is -0.259. The molecule has 0 aliphatic heterocycles. The molecule has 0 aliphatic carbocycles. The third-order valence-electron chi connectivity index (χ3n) is 7.09. The Bertz CT molecular complexity index is 2070. The second kappa shape index (κ2) is 32.3. The number of nitrogens with two attached hydrogens (primary N) is 1. The molecule has 0 atom stereocenters. The summed E-state index contributed by atoms with van der Waals surface area (Å²) >= 11 is 0. The minimum Gasteiger partial charge on any atom is -0.594 e. The Labute approximate surface area is 387 Å². The third-order valence-corrected chi connectivity index (χ3v) is 8.44. The van der Waals surface area contributed by atoms with Gasteiger partial charge in [0, 0.05) is 29.5 Å². The normalized spacial score (nSPS) is 10.2. The number of nitrogen functional groups attached to an aromatic ring is 1. The molecule has 63 heavy (non-hydrogen) atoms. The van der Waals surface area contributed by atoms with Gasteiger partial charge in [0.15, 0.2) is 52.1 Å². The summed E-state index contributed by atoms with van der Waals surface area (Å²) in [5, 5.41) is 20.4. The summed E-state index contributed by atoms with van der Waals surface area (Å²) in [6.07, 6.45) is -0.658. The fourth-order valence-corrected chi connectivity index (χ4v) is 5.57. The van der Waals surface area contributed by atoms with Gasteiger partial charge in [0.25, 0.3) is 9.05 Å². The molecular formula is C42H60Cl3N2O15S-. The number of aromatic carboxylic acids is 1. The monoisotopic (exact) mass is 969 g/mol. The number of halogens is 3. The van der Waals surface area contributed by atoms with Crippen LogP contribution >= 0.6 is 35.5 Å². The number of rotatable bonds is 13. The SMILES string of the molecule is CCOCC.COc1cccc(C(=O)O)c1OC.COc1cccc(N)c1OC.COc1cccc(N=C([O-])OC(C)(C)C)c1OC.COc1cccc(S(=O)(=O)Cl)c1OC.Cl.Cl. The van der Waals surface area contributed by atoms with Gasteiger partial charge in [-0.3, -0.25) is 0 Å². The van der Waals surface area contributed by atoms with Crippen molar-refractivity contribution in [3.05, 3.63) is 78.4 Å². The number of hydrogen-bond acceptors (Lipinski definition) is 16. The summed E-state index contributed by atoms with van der Waals surface area (Å²) in [6.45, 7) is 11.0. The first kappa shape index (κ1) is 61.9. The molecule has 0 radical (unpaired) electrons. The highest BCUT2D eigenvalue weighted by Crippen LogP contribution is 2.37.